The van der Waals surface area contributed by atoms with Gasteiger partial charge in [-0.1, -0.05) is 0 Å². The monoisotopic (exact) mass is 818 g/mol. The van der Waals surface area contributed by atoms with Gasteiger partial charge < -0.3 is 48.5 Å². The Morgan fingerprint density at radius 3 is 1.05 bits per heavy atom. The van der Waals surface area contributed by atoms with Crippen molar-refractivity contribution < 1.29 is 18.9 Å². The van der Waals surface area contributed by atoms with E-state index in [9.17, 15) is 0 Å². The van der Waals surface area contributed by atoms with Crippen LogP contribution in [0.3, 0.4) is 0 Å². The summed E-state index contributed by atoms with van der Waals surface area (Å²) in [6.07, 6.45) is -0.580. The fraction of sp³-hybridized carbons (Fsp3) is 0.455. The highest BCUT2D eigenvalue weighted by Gasteiger charge is 2.32. The van der Waals surface area contributed by atoms with E-state index in [0.717, 1.165) is 22.8 Å². The van der Waals surface area contributed by atoms with Crippen molar-refractivity contribution in [3.8, 4) is 45.8 Å². The zero-order chi connectivity index (χ0) is 43.5. The van der Waals surface area contributed by atoms with Crippen LogP contribution in [0.25, 0.3) is 67.5 Å². The fourth-order valence-corrected chi connectivity index (χ4v) is 7.52. The molecule has 0 unspecified atom stereocenters. The standard InChI is InChI=1S/C44H58N12O4/c1-21(2)57-25-17-19-27(59-23(5)6)31-29(25)37-45-38-30-26(58-22(3)4)18-20-28(60-24(7)8)32(30)40(47-38)49-42-34(54(11)12)36(56(15)16)44(51-42)52-43-35(55(13)14)33(53(9)10)41(50-43)48-39(31)46-37/h17-24H,1-16H3,(H2,45,46,47,48,49,50,51,52). The van der Waals surface area contributed by atoms with Crippen LogP contribution in [-0.4, -0.2) is 130 Å². The lowest BCUT2D eigenvalue weighted by Gasteiger charge is -2.20. The molecule has 318 valence electrons. The number of anilines is 2. The van der Waals surface area contributed by atoms with Crippen molar-refractivity contribution in [3.63, 3.8) is 0 Å². The predicted octanol–water partition coefficient (Wildman–Crippen LogP) is 7.61. The number of benzene rings is 2. The van der Waals surface area contributed by atoms with E-state index in [4.69, 9.17) is 48.9 Å². The molecule has 2 N–H and O–H groups in total. The number of H-pyrrole nitrogens is 2. The van der Waals surface area contributed by atoms with Gasteiger partial charge >= 0.3 is 0 Å². The molecule has 2 aliphatic rings. The number of nitrogens with zero attached hydrogens (tertiary/aromatic N) is 10. The molecule has 60 heavy (non-hydrogen) atoms. The summed E-state index contributed by atoms with van der Waals surface area (Å²) >= 11 is 0. The third-order valence-corrected chi connectivity index (χ3v) is 9.51. The van der Waals surface area contributed by atoms with Crippen LogP contribution < -0.4 is 28.7 Å². The minimum Gasteiger partial charge on any atom is -0.490 e. The predicted molar refractivity (Wildman–Crippen MR) is 240 cm³/mol. The van der Waals surface area contributed by atoms with Crippen LogP contribution >= 0.6 is 0 Å². The molecule has 8 bridgehead atoms. The summed E-state index contributed by atoms with van der Waals surface area (Å²) in [4.78, 5) is 46.8. The summed E-state index contributed by atoms with van der Waals surface area (Å²) in [5.74, 6) is 4.09. The van der Waals surface area contributed by atoms with Crippen molar-refractivity contribution in [2.24, 2.45) is 0 Å². The van der Waals surface area contributed by atoms with Gasteiger partial charge in [-0.2, -0.15) is 0 Å². The van der Waals surface area contributed by atoms with Gasteiger partial charge in [0.25, 0.3) is 0 Å². The van der Waals surface area contributed by atoms with E-state index < -0.39 is 0 Å². The van der Waals surface area contributed by atoms with Crippen LogP contribution in [0, 0.1) is 0 Å². The third kappa shape index (κ3) is 7.66. The second kappa shape index (κ2) is 16.0. The van der Waals surface area contributed by atoms with E-state index in [2.05, 4.69) is 9.97 Å². The van der Waals surface area contributed by atoms with Gasteiger partial charge in [0.2, 0.25) is 0 Å². The van der Waals surface area contributed by atoms with Crippen molar-refractivity contribution in [2.45, 2.75) is 79.8 Å². The van der Waals surface area contributed by atoms with Crippen molar-refractivity contribution in [3.05, 3.63) is 35.9 Å². The topological polar surface area (TPSA) is 159 Å². The van der Waals surface area contributed by atoms with Crippen LogP contribution in [0.1, 0.15) is 67.0 Å². The van der Waals surface area contributed by atoms with E-state index in [-0.39, 0.29) is 24.4 Å². The van der Waals surface area contributed by atoms with Crippen molar-refractivity contribution in [2.75, 3.05) is 66.2 Å². The first kappa shape index (κ1) is 41.8. The Balaban J connectivity index is 1.80. The number of rotatable bonds is 12. The molecule has 5 aromatic rings. The first-order valence-corrected chi connectivity index (χ1v) is 20.4. The van der Waals surface area contributed by atoms with Gasteiger partial charge in [0.15, 0.2) is 34.6 Å². The van der Waals surface area contributed by atoms with Crippen molar-refractivity contribution in [1.82, 2.24) is 49.7 Å². The number of aromatic amines is 2. The van der Waals surface area contributed by atoms with Gasteiger partial charge in [-0.3, -0.25) is 0 Å². The highest BCUT2D eigenvalue weighted by Crippen LogP contribution is 2.48. The largest absolute Gasteiger partial charge is 0.490 e. The molecule has 0 saturated heterocycles. The Labute approximate surface area is 351 Å². The lowest BCUT2D eigenvalue weighted by Crippen LogP contribution is -2.18. The van der Waals surface area contributed by atoms with Gasteiger partial charge in [-0.05, 0) is 79.7 Å². The molecule has 2 aliphatic heterocycles. The third-order valence-electron chi connectivity index (χ3n) is 9.51. The molecule has 2 aromatic carbocycles. The maximum atomic E-state index is 6.50. The maximum absolute atomic E-state index is 6.50. The minimum absolute atomic E-state index is 0.140. The average molecular weight is 819 g/mol. The molecule has 5 heterocycles. The van der Waals surface area contributed by atoms with Crippen LogP contribution in [0.4, 0.5) is 11.4 Å². The Bertz CT molecular complexity index is 2660. The summed E-state index contributed by atoms with van der Waals surface area (Å²) < 4.78 is 26.0. The zero-order valence-corrected chi connectivity index (χ0v) is 37.7. The number of hydrogen-bond acceptors (Lipinski definition) is 14. The minimum atomic E-state index is -0.149. The van der Waals surface area contributed by atoms with Crippen molar-refractivity contribution >= 4 is 56.1 Å². The maximum Gasteiger partial charge on any atom is 0.182 e. The van der Waals surface area contributed by atoms with Gasteiger partial charge in [-0.15, -0.1) is 0 Å². The van der Waals surface area contributed by atoms with Crippen LogP contribution in [0.2, 0.25) is 0 Å². The van der Waals surface area contributed by atoms with Gasteiger partial charge in [0, 0.05) is 56.4 Å². The van der Waals surface area contributed by atoms with Gasteiger partial charge in [0.05, 0.1) is 46.3 Å². The summed E-state index contributed by atoms with van der Waals surface area (Å²) in [6, 6.07) is 7.66. The lowest BCUT2D eigenvalue weighted by atomic mass is 10.1. The SMILES string of the molecule is CC(C)Oc1ccc(OC(C)C)c2c1-c1nc-2nc2[nH]c(nc3nc(nc4[nH]c(n1)c(N(C)C)c4N(C)C)C(N(C)C)=C3N(C)C)c1c(OC(C)C)ccc(OC(C)C)c21. The first-order valence-electron chi connectivity index (χ1n) is 20.4. The number of nitrogens with one attached hydrogen (secondary N) is 2. The zero-order valence-electron chi connectivity index (χ0n) is 37.7. The molecule has 0 aliphatic carbocycles. The fourth-order valence-electron chi connectivity index (χ4n) is 7.52. The summed E-state index contributed by atoms with van der Waals surface area (Å²) in [5, 5.41) is 1.36. The highest BCUT2D eigenvalue weighted by atomic mass is 16.5. The number of fused-ring (bicyclic) bond motifs is 14. The quantitative estimate of drug-likeness (QED) is 0.124. The van der Waals surface area contributed by atoms with E-state index in [1.54, 1.807) is 0 Å². The van der Waals surface area contributed by atoms with Gasteiger partial charge in [-0.25, -0.2) is 29.9 Å². The molecule has 16 heteroatoms. The molecular weight excluding hydrogens is 761 g/mol. The van der Waals surface area contributed by atoms with Gasteiger partial charge in [0.1, 0.15) is 57.1 Å². The molecule has 0 atom stereocenters. The Kier molecular flexibility index (Phi) is 11.2. The first-order chi connectivity index (χ1) is 28.3. The normalized spacial score (nSPS) is 12.5. The Morgan fingerprint density at radius 2 is 0.683 bits per heavy atom. The van der Waals surface area contributed by atoms with Crippen LogP contribution in [0.5, 0.6) is 23.0 Å². The molecule has 0 fully saturated rings. The van der Waals surface area contributed by atoms with E-state index in [1.807, 2.05) is 156 Å². The van der Waals surface area contributed by atoms with E-state index in [1.165, 1.54) is 0 Å². The summed E-state index contributed by atoms with van der Waals surface area (Å²) in [5.41, 5.74) is 6.53. The highest BCUT2D eigenvalue weighted by molar-refractivity contribution is 6.12. The smallest absolute Gasteiger partial charge is 0.182 e. The number of aromatic nitrogens is 8. The second-order valence-corrected chi connectivity index (χ2v) is 16.9. The number of ether oxygens (including phenoxy) is 4. The molecule has 7 rings (SSSR count). The molecule has 16 nitrogen and oxygen atoms in total. The Morgan fingerprint density at radius 1 is 0.383 bits per heavy atom. The van der Waals surface area contributed by atoms with E-state index >= 15 is 0 Å². The second-order valence-electron chi connectivity index (χ2n) is 16.9. The molecule has 0 radical (unpaired) electrons. The molecular formula is C44H58N12O4. The van der Waals surface area contributed by atoms with E-state index in [0.29, 0.717) is 90.8 Å². The molecule has 3 aromatic heterocycles. The molecule has 0 spiro atoms. The van der Waals surface area contributed by atoms with Crippen molar-refractivity contribution in [1.29, 1.82) is 0 Å². The summed E-state index contributed by atoms with van der Waals surface area (Å²) in [7, 11) is 15.8. The Hall–Kier alpha value is -6.32. The van der Waals surface area contributed by atoms with Crippen LogP contribution in [-0.2, 0) is 0 Å². The molecule has 0 saturated carbocycles. The summed E-state index contributed by atoms with van der Waals surface area (Å²) in [6.45, 7) is 15.9. The average Bonchev–Trinajstić information content (AvgIpc) is 3.88. The number of hydrogen-bond donors (Lipinski definition) is 2. The van der Waals surface area contributed by atoms with Crippen LogP contribution in [0.15, 0.2) is 24.3 Å². The molecule has 0 amide bonds. The lowest BCUT2D eigenvalue weighted by molar-refractivity contribution is 0.236.